The molecule has 0 saturated carbocycles. The van der Waals surface area contributed by atoms with Gasteiger partial charge in [-0.3, -0.25) is 0 Å². The molecule has 0 aliphatic heterocycles. The van der Waals surface area contributed by atoms with E-state index in [-0.39, 0.29) is 5.41 Å². The Morgan fingerprint density at radius 2 is 1.04 bits per heavy atom. The summed E-state index contributed by atoms with van der Waals surface area (Å²) in [4.78, 5) is 0. The van der Waals surface area contributed by atoms with E-state index < -0.39 is 30.9 Å². The summed E-state index contributed by atoms with van der Waals surface area (Å²) in [6.45, 7) is 30.7. The van der Waals surface area contributed by atoms with Gasteiger partial charge in [-0.1, -0.05) is 60.1 Å². The van der Waals surface area contributed by atoms with Crippen molar-refractivity contribution in [2.24, 2.45) is 0 Å². The summed E-state index contributed by atoms with van der Waals surface area (Å²) < 4.78 is 14.5. The zero-order chi connectivity index (χ0) is 21.6. The molecule has 0 spiro atoms. The zero-order valence-electron chi connectivity index (χ0n) is 19.8. The van der Waals surface area contributed by atoms with Gasteiger partial charge in [-0.25, -0.2) is 0 Å². The van der Waals surface area contributed by atoms with Crippen molar-refractivity contribution in [3.05, 3.63) is 22.2 Å². The van der Waals surface area contributed by atoms with Crippen LogP contribution in [0.15, 0.2) is 16.6 Å². The lowest BCUT2D eigenvalue weighted by molar-refractivity contribution is 0.503. The minimum Gasteiger partial charge on any atom is -0.547 e. The van der Waals surface area contributed by atoms with Crippen molar-refractivity contribution >= 4 is 46.8 Å². The van der Waals surface area contributed by atoms with Crippen LogP contribution in [0.4, 0.5) is 0 Å². The Kier molecular flexibility index (Phi) is 7.26. The van der Waals surface area contributed by atoms with E-state index in [0.29, 0.717) is 0 Å². The van der Waals surface area contributed by atoms with Crippen molar-refractivity contribution in [3.8, 4) is 11.5 Å². The first kappa shape index (κ1) is 25.2. The Morgan fingerprint density at radius 1 is 0.667 bits per heavy atom. The molecule has 0 aliphatic carbocycles. The molecule has 0 bridgehead atoms. The average Bonchev–Trinajstić information content (AvgIpc) is 2.37. The smallest absolute Gasteiger partial charge is 0.228 e. The van der Waals surface area contributed by atoms with Gasteiger partial charge in [0.2, 0.25) is 15.7 Å². The molecule has 0 amide bonds. The highest BCUT2D eigenvalue weighted by molar-refractivity contribution is 9.10. The average molecular weight is 506 g/mol. The predicted molar refractivity (Wildman–Crippen MR) is 136 cm³/mol. The van der Waals surface area contributed by atoms with E-state index in [1.165, 1.54) is 5.56 Å². The van der Waals surface area contributed by atoms with Gasteiger partial charge in [-0.15, -0.1) is 0 Å². The molecule has 0 aliphatic rings. The minimum atomic E-state index is -1.78. The second kappa shape index (κ2) is 7.78. The maximum absolute atomic E-state index is 6.79. The summed E-state index contributed by atoms with van der Waals surface area (Å²) in [6.07, 6.45) is 0. The zero-order valence-corrected chi connectivity index (χ0v) is 25.4. The third kappa shape index (κ3) is 6.07. The molecule has 0 atom stereocenters. The summed E-state index contributed by atoms with van der Waals surface area (Å²) >= 11 is 3.78. The molecule has 0 N–H and O–H groups in total. The van der Waals surface area contributed by atoms with Crippen molar-refractivity contribution < 1.29 is 8.85 Å². The van der Waals surface area contributed by atoms with Crippen LogP contribution in [0.1, 0.15) is 26.3 Å². The predicted octanol–water partition coefficient (Wildman–Crippen LogP) is 7.75. The van der Waals surface area contributed by atoms with Crippen molar-refractivity contribution in [2.75, 3.05) is 0 Å². The quantitative estimate of drug-likeness (QED) is 0.368. The first-order chi connectivity index (χ1) is 11.7. The monoisotopic (exact) mass is 504 g/mol. The van der Waals surface area contributed by atoms with Crippen LogP contribution in [0.2, 0.25) is 65.5 Å². The first-order valence-electron chi connectivity index (χ1n) is 9.91. The Hall–Kier alpha value is 0.168. The molecular weight excluding hydrogens is 464 g/mol. The lowest BCUT2D eigenvalue weighted by Gasteiger charge is -2.38. The normalized spacial score (nSPS) is 14.3. The summed E-state index contributed by atoms with van der Waals surface area (Å²) in [7, 11) is -6.26. The SMILES string of the molecule is CC(C)(C)c1cc(O[Si](C)(C)[Si](C)(C)C)c(Br)cc1O[Si](C)(C)[Si](C)(C)C. The fourth-order valence-electron chi connectivity index (χ4n) is 2.14. The number of hydrogen-bond donors (Lipinski definition) is 0. The van der Waals surface area contributed by atoms with Gasteiger partial charge in [-0.2, -0.15) is 0 Å². The molecule has 0 unspecified atom stereocenters. The molecule has 2 nitrogen and oxygen atoms in total. The van der Waals surface area contributed by atoms with Gasteiger partial charge in [0, 0.05) is 5.56 Å². The highest BCUT2D eigenvalue weighted by Gasteiger charge is 2.43. The molecule has 156 valence electrons. The molecule has 0 fully saturated rings. The number of halogens is 1. The Labute approximate surface area is 180 Å². The fraction of sp³-hybridized carbons (Fsp3) is 0.700. The Morgan fingerprint density at radius 3 is 1.37 bits per heavy atom. The maximum Gasteiger partial charge on any atom is 0.228 e. The lowest BCUT2D eigenvalue weighted by atomic mass is 9.86. The van der Waals surface area contributed by atoms with Crippen LogP contribution in [-0.4, -0.2) is 30.9 Å². The number of hydrogen-bond acceptors (Lipinski definition) is 2. The molecular formula is C20H41BrO2Si4. The van der Waals surface area contributed by atoms with Crippen LogP contribution in [0.25, 0.3) is 0 Å². The van der Waals surface area contributed by atoms with E-state index >= 15 is 0 Å². The molecule has 0 radical (unpaired) electrons. The Bertz CT molecular complexity index is 681. The standard InChI is InChI=1S/C20H41BrO2Si4/c1-20(2,3)16-14-19(23-27(12,13)25(7,8)9)17(21)15-18(16)22-26(10,11)24(4,5)6/h14-15H,1-13H3. The van der Waals surface area contributed by atoms with E-state index in [9.17, 15) is 0 Å². The van der Waals surface area contributed by atoms with Gasteiger partial charge >= 0.3 is 0 Å². The van der Waals surface area contributed by atoms with Crippen LogP contribution in [0.5, 0.6) is 11.5 Å². The third-order valence-electron chi connectivity index (χ3n) is 6.18. The summed E-state index contributed by atoms with van der Waals surface area (Å²) in [5.74, 6) is 2.02. The van der Waals surface area contributed by atoms with E-state index in [1.807, 2.05) is 0 Å². The van der Waals surface area contributed by atoms with Crippen molar-refractivity contribution in [1.29, 1.82) is 0 Å². The molecule has 0 saturated heterocycles. The van der Waals surface area contributed by atoms with Crippen molar-refractivity contribution in [1.82, 2.24) is 0 Å². The molecule has 1 aromatic carbocycles. The first-order valence-corrected chi connectivity index (χ1v) is 25.5. The molecule has 0 heterocycles. The molecule has 27 heavy (non-hydrogen) atoms. The number of benzene rings is 1. The van der Waals surface area contributed by atoms with Gasteiger partial charge in [0.15, 0.2) is 0 Å². The third-order valence-corrected chi connectivity index (χ3v) is 37.8. The highest BCUT2D eigenvalue weighted by atomic mass is 79.9. The van der Waals surface area contributed by atoms with Crippen LogP contribution in [-0.2, 0) is 5.41 Å². The Balaban J connectivity index is 3.48. The van der Waals surface area contributed by atoms with Crippen LogP contribution in [0.3, 0.4) is 0 Å². The topological polar surface area (TPSA) is 18.5 Å². The van der Waals surface area contributed by atoms with E-state index in [1.54, 1.807) is 0 Å². The van der Waals surface area contributed by atoms with Gasteiger partial charge < -0.3 is 8.85 Å². The lowest BCUT2D eigenvalue weighted by Crippen LogP contribution is -2.57. The van der Waals surface area contributed by atoms with Crippen LogP contribution < -0.4 is 8.85 Å². The van der Waals surface area contributed by atoms with Crippen LogP contribution in [0, 0.1) is 0 Å². The minimum absolute atomic E-state index is 0.00290. The van der Waals surface area contributed by atoms with E-state index in [4.69, 9.17) is 8.85 Å². The van der Waals surface area contributed by atoms with E-state index in [2.05, 4.69) is 114 Å². The summed E-state index contributed by atoms with van der Waals surface area (Å²) in [5, 5.41) is 0. The van der Waals surface area contributed by atoms with Crippen LogP contribution >= 0.6 is 15.9 Å². The van der Waals surface area contributed by atoms with Crippen molar-refractivity contribution in [3.63, 3.8) is 0 Å². The second-order valence-corrected chi connectivity index (χ2v) is 44.3. The molecule has 1 aromatic rings. The fourth-order valence-corrected chi connectivity index (χ4v) is 7.24. The summed E-state index contributed by atoms with van der Waals surface area (Å²) in [5.41, 5.74) is 1.25. The van der Waals surface area contributed by atoms with Gasteiger partial charge in [-0.05, 0) is 59.7 Å². The number of rotatable bonds is 6. The second-order valence-electron chi connectivity index (χ2n) is 11.8. The molecule has 7 heteroatoms. The molecule has 0 aromatic heterocycles. The highest BCUT2D eigenvalue weighted by Crippen LogP contribution is 2.42. The van der Waals surface area contributed by atoms with E-state index in [0.717, 1.165) is 16.0 Å². The van der Waals surface area contributed by atoms with Gasteiger partial charge in [0.25, 0.3) is 0 Å². The summed E-state index contributed by atoms with van der Waals surface area (Å²) in [6, 6.07) is 4.41. The largest absolute Gasteiger partial charge is 0.547 e. The van der Waals surface area contributed by atoms with Gasteiger partial charge in [0.1, 0.15) is 11.5 Å². The van der Waals surface area contributed by atoms with Gasteiger partial charge in [0.05, 0.1) is 19.7 Å². The maximum atomic E-state index is 6.79. The molecule has 1 rings (SSSR count). The van der Waals surface area contributed by atoms with Crippen molar-refractivity contribution in [2.45, 2.75) is 91.7 Å².